The summed E-state index contributed by atoms with van der Waals surface area (Å²) in [5.74, 6) is -1.18. The molecule has 2 amide bonds. The number of nitrogens with one attached hydrogen (secondary N) is 2. The summed E-state index contributed by atoms with van der Waals surface area (Å²) in [5.41, 5.74) is 4.20. The number of aromatic amines is 1. The Hall–Kier alpha value is -4.87. The van der Waals surface area contributed by atoms with Gasteiger partial charge in [-0.25, -0.2) is 18.7 Å². The number of halogens is 2. The zero-order chi connectivity index (χ0) is 28.1. The first-order valence-corrected chi connectivity index (χ1v) is 12.8. The van der Waals surface area contributed by atoms with Crippen molar-refractivity contribution in [1.29, 1.82) is 0 Å². The number of amides is 2. The molecule has 1 atom stereocenters. The Balaban J connectivity index is 1.56. The third-order valence-corrected chi connectivity index (χ3v) is 7.18. The zero-order valence-electron chi connectivity index (χ0n) is 22.0. The number of benzene rings is 2. The Kier molecular flexibility index (Phi) is 6.16. The molecule has 1 aliphatic heterocycles. The normalized spacial score (nSPS) is 15.7. The van der Waals surface area contributed by atoms with Gasteiger partial charge in [0.15, 0.2) is 11.6 Å². The van der Waals surface area contributed by atoms with E-state index < -0.39 is 17.7 Å². The standard InChI is InChI=1S/C28H25F2N7O3/c1-14-25(15(2)40-35-14)16-7-10-22-20(11-16)33-26(37(22)28-32-13-21(34-28)27(39)31-3)23-5-4-6-24(38)36(23)17-8-9-18(29)19(30)12-17/h7-13,23H,4-6H2,1-3H3,(H,31,39)(H,32,34)/t23-/m0/s1. The molecule has 5 aromatic rings. The second-order valence-corrected chi connectivity index (χ2v) is 9.68. The summed E-state index contributed by atoms with van der Waals surface area (Å²) < 4.78 is 35.1. The van der Waals surface area contributed by atoms with Crippen LogP contribution in [0.1, 0.15) is 53.1 Å². The highest BCUT2D eigenvalue weighted by atomic mass is 19.2. The van der Waals surface area contributed by atoms with Gasteiger partial charge in [-0.15, -0.1) is 0 Å². The van der Waals surface area contributed by atoms with E-state index in [1.807, 2.05) is 32.0 Å². The number of nitrogens with zero attached hydrogens (tertiary/aromatic N) is 5. The van der Waals surface area contributed by atoms with Gasteiger partial charge in [0.2, 0.25) is 11.9 Å². The molecule has 3 aromatic heterocycles. The maximum Gasteiger partial charge on any atom is 0.269 e. The number of piperidine rings is 1. The number of hydrogen-bond donors (Lipinski definition) is 2. The van der Waals surface area contributed by atoms with Crippen molar-refractivity contribution < 1.29 is 22.9 Å². The molecular formula is C28H25F2N7O3. The molecule has 0 unspecified atom stereocenters. The summed E-state index contributed by atoms with van der Waals surface area (Å²) >= 11 is 0. The monoisotopic (exact) mass is 545 g/mol. The lowest BCUT2D eigenvalue weighted by Crippen LogP contribution is -2.39. The highest BCUT2D eigenvalue weighted by Crippen LogP contribution is 2.39. The van der Waals surface area contributed by atoms with Crippen LogP contribution >= 0.6 is 0 Å². The van der Waals surface area contributed by atoms with Gasteiger partial charge >= 0.3 is 0 Å². The van der Waals surface area contributed by atoms with E-state index in [9.17, 15) is 18.4 Å². The van der Waals surface area contributed by atoms with Crippen molar-refractivity contribution in [2.75, 3.05) is 11.9 Å². The quantitative estimate of drug-likeness (QED) is 0.323. The van der Waals surface area contributed by atoms with Crippen LogP contribution in [0.4, 0.5) is 14.5 Å². The average Bonchev–Trinajstić information content (AvgIpc) is 3.66. The topological polar surface area (TPSA) is 122 Å². The number of hydrogen-bond acceptors (Lipinski definition) is 6. The number of rotatable bonds is 5. The Labute approximate surface area is 227 Å². The third kappa shape index (κ3) is 4.12. The second kappa shape index (κ2) is 9.70. The lowest BCUT2D eigenvalue weighted by atomic mass is 9.99. The van der Waals surface area contributed by atoms with E-state index in [1.54, 1.807) is 4.57 Å². The SMILES string of the molecule is CNC(=O)c1cnc(-n2c([C@@H]3CCCC(=O)N3c3ccc(F)c(F)c3)nc3cc(-c4c(C)noc4C)ccc32)[nH]1. The lowest BCUT2D eigenvalue weighted by Gasteiger charge is -2.35. The zero-order valence-corrected chi connectivity index (χ0v) is 22.0. The largest absolute Gasteiger partial charge is 0.361 e. The molecule has 2 aromatic carbocycles. The summed E-state index contributed by atoms with van der Waals surface area (Å²) in [4.78, 5) is 39.4. The molecule has 12 heteroatoms. The molecule has 0 saturated carbocycles. The van der Waals surface area contributed by atoms with E-state index in [0.29, 0.717) is 41.4 Å². The maximum absolute atomic E-state index is 14.3. The van der Waals surface area contributed by atoms with Gasteiger partial charge in [-0.05, 0) is 56.5 Å². The molecule has 0 radical (unpaired) electrons. The van der Waals surface area contributed by atoms with Crippen molar-refractivity contribution in [1.82, 2.24) is 30.0 Å². The van der Waals surface area contributed by atoms with Crippen LogP contribution in [0.25, 0.3) is 28.1 Å². The van der Waals surface area contributed by atoms with E-state index in [4.69, 9.17) is 9.51 Å². The van der Waals surface area contributed by atoms with Crippen molar-refractivity contribution in [3.8, 4) is 17.1 Å². The first-order chi connectivity index (χ1) is 19.3. The molecular weight excluding hydrogens is 520 g/mol. The predicted molar refractivity (Wildman–Crippen MR) is 142 cm³/mol. The Morgan fingerprint density at radius 3 is 2.70 bits per heavy atom. The molecule has 10 nitrogen and oxygen atoms in total. The van der Waals surface area contributed by atoms with E-state index in [-0.39, 0.29) is 29.6 Å². The van der Waals surface area contributed by atoms with Crippen molar-refractivity contribution >= 4 is 28.5 Å². The molecule has 4 heterocycles. The molecule has 0 aliphatic carbocycles. The third-order valence-electron chi connectivity index (χ3n) is 7.18. The van der Waals surface area contributed by atoms with Crippen molar-refractivity contribution in [2.24, 2.45) is 0 Å². The number of imidazole rings is 2. The molecule has 6 rings (SSSR count). The van der Waals surface area contributed by atoms with Gasteiger partial charge in [0.1, 0.15) is 17.3 Å². The van der Waals surface area contributed by atoms with Crippen molar-refractivity contribution in [3.05, 3.63) is 77.2 Å². The number of anilines is 1. The van der Waals surface area contributed by atoms with E-state index in [1.165, 1.54) is 24.2 Å². The Bertz CT molecular complexity index is 1770. The predicted octanol–water partition coefficient (Wildman–Crippen LogP) is 4.92. The molecule has 1 aliphatic rings. The fraction of sp³-hybridized carbons (Fsp3) is 0.250. The fourth-order valence-corrected chi connectivity index (χ4v) is 5.34. The summed E-state index contributed by atoms with van der Waals surface area (Å²) in [5, 5.41) is 6.62. The van der Waals surface area contributed by atoms with Crippen LogP contribution in [0.5, 0.6) is 0 Å². The highest BCUT2D eigenvalue weighted by molar-refractivity contribution is 5.95. The highest BCUT2D eigenvalue weighted by Gasteiger charge is 2.35. The number of fused-ring (bicyclic) bond motifs is 1. The minimum Gasteiger partial charge on any atom is -0.361 e. The first-order valence-electron chi connectivity index (χ1n) is 12.8. The number of carbonyl (C=O) groups excluding carboxylic acids is 2. The van der Waals surface area contributed by atoms with Gasteiger partial charge in [-0.2, -0.15) is 0 Å². The van der Waals surface area contributed by atoms with Gasteiger partial charge < -0.3 is 19.7 Å². The molecule has 1 saturated heterocycles. The Morgan fingerprint density at radius 1 is 1.15 bits per heavy atom. The van der Waals surface area contributed by atoms with Gasteiger partial charge in [0.05, 0.1) is 29.0 Å². The van der Waals surface area contributed by atoms with Gasteiger partial charge in [-0.3, -0.25) is 14.2 Å². The number of H-pyrrole nitrogens is 1. The van der Waals surface area contributed by atoms with Gasteiger partial charge in [0.25, 0.3) is 5.91 Å². The van der Waals surface area contributed by atoms with Crippen molar-refractivity contribution in [3.63, 3.8) is 0 Å². The van der Waals surface area contributed by atoms with Crippen LogP contribution in [0, 0.1) is 25.5 Å². The molecule has 2 N–H and O–H groups in total. The van der Waals surface area contributed by atoms with Gasteiger partial charge in [0, 0.05) is 30.8 Å². The van der Waals surface area contributed by atoms with E-state index in [2.05, 4.69) is 20.4 Å². The molecule has 204 valence electrons. The fourth-order valence-electron chi connectivity index (χ4n) is 5.34. The summed E-state index contributed by atoms with van der Waals surface area (Å²) in [6.07, 6.45) is 2.78. The van der Waals surface area contributed by atoms with Crippen LogP contribution in [-0.4, -0.2) is 43.5 Å². The second-order valence-electron chi connectivity index (χ2n) is 9.68. The van der Waals surface area contributed by atoms with Crippen LogP contribution < -0.4 is 10.2 Å². The number of aromatic nitrogens is 5. The minimum absolute atomic E-state index is 0.231. The van der Waals surface area contributed by atoms with Crippen molar-refractivity contribution in [2.45, 2.75) is 39.2 Å². The first kappa shape index (κ1) is 25.4. The molecule has 0 spiro atoms. The average molecular weight is 546 g/mol. The maximum atomic E-state index is 14.3. The van der Waals surface area contributed by atoms with E-state index >= 15 is 0 Å². The molecule has 1 fully saturated rings. The van der Waals surface area contributed by atoms with Crippen LogP contribution in [-0.2, 0) is 4.79 Å². The molecule has 0 bridgehead atoms. The summed E-state index contributed by atoms with van der Waals surface area (Å²) in [6.45, 7) is 3.69. The number of carbonyl (C=O) groups is 2. The van der Waals surface area contributed by atoms with Crippen LogP contribution in [0.3, 0.4) is 0 Å². The van der Waals surface area contributed by atoms with Gasteiger partial charge in [-0.1, -0.05) is 11.2 Å². The number of aryl methyl sites for hydroxylation is 2. The summed E-state index contributed by atoms with van der Waals surface area (Å²) in [6, 6.07) is 8.48. The minimum atomic E-state index is -1.05. The Morgan fingerprint density at radius 2 is 1.98 bits per heavy atom. The van der Waals surface area contributed by atoms with Crippen LogP contribution in [0.15, 0.2) is 47.1 Å². The lowest BCUT2D eigenvalue weighted by molar-refractivity contribution is -0.120. The van der Waals surface area contributed by atoms with Crippen LogP contribution in [0.2, 0.25) is 0 Å². The summed E-state index contributed by atoms with van der Waals surface area (Å²) in [7, 11) is 1.52. The smallest absolute Gasteiger partial charge is 0.269 e. The molecule has 40 heavy (non-hydrogen) atoms. The van der Waals surface area contributed by atoms with E-state index in [0.717, 1.165) is 29.0 Å².